The zero-order valence-corrected chi connectivity index (χ0v) is 35.3. The SMILES string of the molecule is COc1cc2c(cc1OCc1cc(COc3cc4c(cc3OC)C(=O)N3c5ccccc5CC3[C@@H](O)N4)cc(C(=O)NCC(=O)NC(C)C)c1)NCC1Cc3ccccc3N1C2=O. The number of benzene rings is 5. The number of hydrogen-bond donors (Lipinski definition) is 5. The van der Waals surface area contributed by atoms with Crippen LogP contribution in [0.15, 0.2) is 91.0 Å². The Hall–Kier alpha value is -7.26. The van der Waals surface area contributed by atoms with Crippen LogP contribution >= 0.6 is 0 Å². The topological polar surface area (TPSA) is 180 Å². The minimum absolute atomic E-state index is 0.0000550. The van der Waals surface area contributed by atoms with Crippen LogP contribution in [0.3, 0.4) is 0 Å². The van der Waals surface area contributed by atoms with Crippen LogP contribution in [0, 0.1) is 0 Å². The summed E-state index contributed by atoms with van der Waals surface area (Å²) < 4.78 is 24.2. The monoisotopic (exact) mass is 852 g/mol. The van der Waals surface area contributed by atoms with Crippen molar-refractivity contribution in [2.24, 2.45) is 0 Å². The van der Waals surface area contributed by atoms with Crippen LogP contribution < -0.4 is 50.0 Å². The summed E-state index contributed by atoms with van der Waals surface area (Å²) in [5, 5.41) is 23.3. The number of carbonyl (C=O) groups is 4. The van der Waals surface area contributed by atoms with E-state index in [1.165, 1.54) is 14.2 Å². The molecule has 15 heteroatoms. The summed E-state index contributed by atoms with van der Waals surface area (Å²) >= 11 is 0. The third-order valence-electron chi connectivity index (χ3n) is 11.7. The molecular weight excluding hydrogens is 805 g/mol. The molecule has 5 aromatic carbocycles. The number of anilines is 4. The van der Waals surface area contributed by atoms with E-state index in [-0.39, 0.29) is 55.1 Å². The summed E-state index contributed by atoms with van der Waals surface area (Å²) in [7, 11) is 2.99. The molecule has 4 aliphatic rings. The average molecular weight is 853 g/mol. The van der Waals surface area contributed by atoms with Gasteiger partial charge in [0.2, 0.25) is 5.91 Å². The minimum atomic E-state index is -1.06. The number of hydrogen-bond acceptors (Lipinski definition) is 11. The lowest BCUT2D eigenvalue weighted by Gasteiger charge is -2.26. The van der Waals surface area contributed by atoms with Gasteiger partial charge >= 0.3 is 0 Å². The molecule has 3 atom stereocenters. The lowest BCUT2D eigenvalue weighted by atomic mass is 10.1. The fourth-order valence-corrected chi connectivity index (χ4v) is 8.87. The van der Waals surface area contributed by atoms with Crippen LogP contribution in [-0.4, -0.2) is 80.4 Å². The van der Waals surface area contributed by atoms with Crippen LogP contribution in [0.1, 0.15) is 67.2 Å². The van der Waals surface area contributed by atoms with Crippen molar-refractivity contribution in [2.75, 3.05) is 47.7 Å². The van der Waals surface area contributed by atoms with Crippen molar-refractivity contribution in [2.45, 2.75) is 64.3 Å². The fourth-order valence-electron chi connectivity index (χ4n) is 8.87. The van der Waals surface area contributed by atoms with Gasteiger partial charge in [-0.3, -0.25) is 19.2 Å². The molecule has 5 aromatic rings. The van der Waals surface area contributed by atoms with Crippen LogP contribution in [0.4, 0.5) is 22.7 Å². The van der Waals surface area contributed by atoms with Crippen molar-refractivity contribution >= 4 is 46.4 Å². The van der Waals surface area contributed by atoms with E-state index in [4.69, 9.17) is 18.9 Å². The molecule has 0 saturated heterocycles. The maximum atomic E-state index is 14.0. The first kappa shape index (κ1) is 41.1. The van der Waals surface area contributed by atoms with Crippen molar-refractivity contribution in [3.05, 3.63) is 130 Å². The van der Waals surface area contributed by atoms with Crippen molar-refractivity contribution in [3.8, 4) is 23.0 Å². The molecule has 4 amide bonds. The first-order valence-corrected chi connectivity index (χ1v) is 20.9. The average Bonchev–Trinajstić information content (AvgIpc) is 3.80. The molecule has 0 spiro atoms. The van der Waals surface area contributed by atoms with Gasteiger partial charge in [-0.15, -0.1) is 0 Å². The summed E-state index contributed by atoms with van der Waals surface area (Å²) in [6, 6.07) is 26.7. The highest BCUT2D eigenvalue weighted by Crippen LogP contribution is 2.43. The Morgan fingerprint density at radius 1 is 0.746 bits per heavy atom. The predicted molar refractivity (Wildman–Crippen MR) is 236 cm³/mol. The number of carbonyl (C=O) groups excluding carboxylic acids is 4. The Morgan fingerprint density at radius 2 is 1.32 bits per heavy atom. The second-order valence-electron chi connectivity index (χ2n) is 16.3. The van der Waals surface area contributed by atoms with Gasteiger partial charge < -0.3 is 55.1 Å². The zero-order chi connectivity index (χ0) is 43.9. The lowest BCUT2D eigenvalue weighted by molar-refractivity contribution is -0.120. The predicted octanol–water partition coefficient (Wildman–Crippen LogP) is 5.43. The van der Waals surface area contributed by atoms with E-state index in [0.29, 0.717) is 69.6 Å². The second-order valence-corrected chi connectivity index (χ2v) is 16.3. The Balaban J connectivity index is 0.977. The van der Waals surface area contributed by atoms with Gasteiger partial charge in [-0.25, -0.2) is 0 Å². The Bertz CT molecular complexity index is 2650. The van der Waals surface area contributed by atoms with E-state index in [2.05, 4.69) is 27.3 Å². The van der Waals surface area contributed by atoms with Gasteiger partial charge in [-0.1, -0.05) is 36.4 Å². The molecule has 5 N–H and O–H groups in total. The number of amides is 4. The largest absolute Gasteiger partial charge is 0.493 e. The molecule has 324 valence electrons. The van der Waals surface area contributed by atoms with Crippen molar-refractivity contribution in [1.82, 2.24) is 10.6 Å². The van der Waals surface area contributed by atoms with E-state index < -0.39 is 18.2 Å². The van der Waals surface area contributed by atoms with Gasteiger partial charge in [0.05, 0.1) is 55.3 Å². The number of fused-ring (bicyclic) bond motifs is 8. The number of aliphatic hydroxyl groups is 1. The second kappa shape index (κ2) is 16.9. The number of para-hydroxylation sites is 2. The molecule has 9 rings (SSSR count). The van der Waals surface area contributed by atoms with Crippen molar-refractivity contribution in [3.63, 3.8) is 0 Å². The Labute approximate surface area is 364 Å². The number of aliphatic hydroxyl groups excluding tert-OH is 1. The Kier molecular flexibility index (Phi) is 11.0. The number of rotatable bonds is 12. The van der Waals surface area contributed by atoms with E-state index in [0.717, 1.165) is 28.9 Å². The molecule has 0 bridgehead atoms. The van der Waals surface area contributed by atoms with Gasteiger partial charge in [0, 0.05) is 41.7 Å². The summed E-state index contributed by atoms with van der Waals surface area (Å²) in [6.45, 7) is 3.96. The molecule has 4 heterocycles. The summed E-state index contributed by atoms with van der Waals surface area (Å²) in [5.41, 5.74) is 7.01. The first-order valence-electron chi connectivity index (χ1n) is 20.9. The van der Waals surface area contributed by atoms with Gasteiger partial charge in [0.25, 0.3) is 17.7 Å². The highest BCUT2D eigenvalue weighted by atomic mass is 16.5. The fraction of sp³-hybridized carbons (Fsp3) is 0.292. The lowest BCUT2D eigenvalue weighted by Crippen LogP contribution is -2.45. The normalized spacial score (nSPS) is 18.0. The van der Waals surface area contributed by atoms with Crippen LogP contribution in [0.5, 0.6) is 23.0 Å². The Morgan fingerprint density at radius 3 is 1.95 bits per heavy atom. The molecule has 0 saturated carbocycles. The molecule has 0 fully saturated rings. The van der Waals surface area contributed by atoms with Crippen LogP contribution in [0.25, 0.3) is 0 Å². The quantitative estimate of drug-likeness (QED) is 0.108. The molecule has 4 aliphatic heterocycles. The van der Waals surface area contributed by atoms with E-state index in [1.54, 1.807) is 41.3 Å². The molecule has 0 aliphatic carbocycles. The van der Waals surface area contributed by atoms with E-state index >= 15 is 0 Å². The van der Waals surface area contributed by atoms with Gasteiger partial charge in [-0.05, 0) is 91.4 Å². The molecule has 15 nitrogen and oxygen atoms in total. The first-order chi connectivity index (χ1) is 30.5. The third-order valence-corrected chi connectivity index (χ3v) is 11.7. The number of nitrogens with zero attached hydrogens (tertiary/aromatic N) is 2. The maximum absolute atomic E-state index is 14.0. The summed E-state index contributed by atoms with van der Waals surface area (Å²) in [6.07, 6.45) is 0.177. The van der Waals surface area contributed by atoms with Crippen LogP contribution in [-0.2, 0) is 30.8 Å². The van der Waals surface area contributed by atoms with Crippen molar-refractivity contribution in [1.29, 1.82) is 0 Å². The minimum Gasteiger partial charge on any atom is -0.493 e. The highest BCUT2D eigenvalue weighted by Gasteiger charge is 2.42. The molecule has 2 unspecified atom stereocenters. The van der Waals surface area contributed by atoms with Gasteiger partial charge in [-0.2, -0.15) is 0 Å². The third kappa shape index (κ3) is 7.91. The molecule has 0 aromatic heterocycles. The number of nitrogens with one attached hydrogen (secondary N) is 4. The standard InChI is InChI=1S/C48H48N6O9/c1-26(2)51-44(55)23-50-45(56)31-14-27(24-62-42-20-35-33(18-40(42)60-3)47(58)53-32(22-49-35)16-29-9-5-7-11-37(29)53)13-28(15-31)25-63-43-21-36-34(19-41(43)61-4)48(59)54-38-12-8-6-10-30(38)17-39(54)46(57)52-36/h5-15,18-21,26,32,39,46,49,52,57H,16-17,22-25H2,1-4H3,(H,50,56)(H,51,55)/t32?,39?,46-/m1/s1. The molecule has 0 radical (unpaired) electrons. The molecular formula is C48H48N6O9. The summed E-state index contributed by atoms with van der Waals surface area (Å²) in [4.78, 5) is 57.5. The summed E-state index contributed by atoms with van der Waals surface area (Å²) in [5.74, 6) is 0.127. The number of ether oxygens (including phenoxy) is 4. The van der Waals surface area contributed by atoms with Crippen molar-refractivity contribution < 1.29 is 43.2 Å². The van der Waals surface area contributed by atoms with Gasteiger partial charge in [0.15, 0.2) is 23.0 Å². The smallest absolute Gasteiger partial charge is 0.260 e. The molecule has 63 heavy (non-hydrogen) atoms. The highest BCUT2D eigenvalue weighted by molar-refractivity contribution is 6.13. The maximum Gasteiger partial charge on any atom is 0.260 e. The van der Waals surface area contributed by atoms with E-state index in [1.807, 2.05) is 67.3 Å². The van der Waals surface area contributed by atoms with Crippen LogP contribution in [0.2, 0.25) is 0 Å². The van der Waals surface area contributed by atoms with E-state index in [9.17, 15) is 24.3 Å². The number of methoxy groups -OCH3 is 2. The zero-order valence-electron chi connectivity index (χ0n) is 35.3. The van der Waals surface area contributed by atoms with Gasteiger partial charge in [0.1, 0.15) is 19.4 Å².